The first kappa shape index (κ1) is 16.7. The van der Waals surface area contributed by atoms with Gasteiger partial charge in [0.2, 0.25) is 5.91 Å². The molecule has 0 aliphatic heterocycles. The van der Waals surface area contributed by atoms with E-state index in [4.69, 9.17) is 11.6 Å². The molecule has 0 heterocycles. The van der Waals surface area contributed by atoms with Crippen molar-refractivity contribution in [2.24, 2.45) is 5.92 Å². The average Bonchev–Trinajstić information content (AvgIpc) is 2.44. The van der Waals surface area contributed by atoms with E-state index in [0.29, 0.717) is 17.1 Å². The van der Waals surface area contributed by atoms with Gasteiger partial charge in [0.15, 0.2) is 5.78 Å². The lowest BCUT2D eigenvalue weighted by molar-refractivity contribution is -0.124. The summed E-state index contributed by atoms with van der Waals surface area (Å²) in [6.07, 6.45) is 0. The van der Waals surface area contributed by atoms with Gasteiger partial charge in [0, 0.05) is 30.1 Å². The highest BCUT2D eigenvalue weighted by Crippen LogP contribution is 2.14. The third-order valence-electron chi connectivity index (χ3n) is 3.41. The van der Waals surface area contributed by atoms with Gasteiger partial charge >= 0.3 is 0 Å². The number of carbonyl (C=O) groups excluding carboxylic acids is 2. The fourth-order valence-corrected chi connectivity index (χ4v) is 2.19. The third-order valence-corrected chi connectivity index (χ3v) is 3.64. The second-order valence-electron chi connectivity index (χ2n) is 5.01. The smallest absolute Gasteiger partial charge is 0.223 e. The van der Waals surface area contributed by atoms with Gasteiger partial charge in [-0.2, -0.15) is 0 Å². The molecule has 2 unspecified atom stereocenters. The van der Waals surface area contributed by atoms with Crippen LogP contribution in [0.15, 0.2) is 24.3 Å². The summed E-state index contributed by atoms with van der Waals surface area (Å²) in [5, 5.41) is 3.16. The molecule has 0 fully saturated rings. The Bertz CT molecular complexity index is 491. The molecule has 2 atom stereocenters. The van der Waals surface area contributed by atoms with Crippen LogP contribution in [0.3, 0.4) is 0 Å². The first-order valence-electron chi connectivity index (χ1n) is 6.58. The van der Waals surface area contributed by atoms with E-state index in [1.807, 2.05) is 25.8 Å². The Morgan fingerprint density at radius 2 is 2.00 bits per heavy atom. The lowest BCUT2D eigenvalue weighted by Gasteiger charge is -2.26. The highest BCUT2D eigenvalue weighted by Gasteiger charge is 2.23. The van der Waals surface area contributed by atoms with E-state index in [-0.39, 0.29) is 23.7 Å². The molecule has 0 spiro atoms. The summed E-state index contributed by atoms with van der Waals surface area (Å²) in [4.78, 5) is 25.8. The van der Waals surface area contributed by atoms with Crippen LogP contribution in [0.2, 0.25) is 5.02 Å². The topological polar surface area (TPSA) is 49.4 Å². The minimum absolute atomic E-state index is 0.000827. The molecular weight excluding hydrogens is 276 g/mol. The maximum atomic E-state index is 12.4. The first-order valence-corrected chi connectivity index (χ1v) is 6.96. The normalized spacial score (nSPS) is 13.9. The molecule has 20 heavy (non-hydrogen) atoms. The SMILES string of the molecule is CNC(=O)C(C)CN(C)C(C)C(=O)c1cccc(Cl)c1. The number of amides is 1. The molecule has 4 nitrogen and oxygen atoms in total. The zero-order valence-corrected chi connectivity index (χ0v) is 13.1. The Labute approximate surface area is 125 Å². The van der Waals surface area contributed by atoms with Gasteiger partial charge in [0.25, 0.3) is 0 Å². The van der Waals surface area contributed by atoms with Crippen molar-refractivity contribution in [3.8, 4) is 0 Å². The molecule has 0 aromatic heterocycles. The summed E-state index contributed by atoms with van der Waals surface area (Å²) in [5.41, 5.74) is 0.587. The van der Waals surface area contributed by atoms with Gasteiger partial charge in [-0.05, 0) is 26.1 Å². The predicted molar refractivity (Wildman–Crippen MR) is 81.1 cm³/mol. The molecule has 1 amide bonds. The van der Waals surface area contributed by atoms with Crippen LogP contribution in [0.5, 0.6) is 0 Å². The first-order chi connectivity index (χ1) is 9.36. The number of halogens is 1. The number of likely N-dealkylation sites (N-methyl/N-ethyl adjacent to an activating group) is 1. The maximum Gasteiger partial charge on any atom is 0.223 e. The zero-order valence-electron chi connectivity index (χ0n) is 12.3. The van der Waals surface area contributed by atoms with E-state index in [1.165, 1.54) is 0 Å². The van der Waals surface area contributed by atoms with Crippen molar-refractivity contribution in [1.29, 1.82) is 0 Å². The Balaban J connectivity index is 2.71. The highest BCUT2D eigenvalue weighted by molar-refractivity contribution is 6.31. The zero-order chi connectivity index (χ0) is 15.3. The minimum Gasteiger partial charge on any atom is -0.359 e. The average molecular weight is 297 g/mol. The fraction of sp³-hybridized carbons (Fsp3) is 0.467. The second-order valence-corrected chi connectivity index (χ2v) is 5.44. The minimum atomic E-state index is -0.305. The van der Waals surface area contributed by atoms with Crippen LogP contribution < -0.4 is 5.32 Å². The number of benzene rings is 1. The highest BCUT2D eigenvalue weighted by atomic mass is 35.5. The van der Waals surface area contributed by atoms with E-state index in [0.717, 1.165) is 0 Å². The maximum absolute atomic E-state index is 12.4. The lowest BCUT2D eigenvalue weighted by atomic mass is 10.0. The Morgan fingerprint density at radius 1 is 1.35 bits per heavy atom. The second kappa shape index (κ2) is 7.41. The van der Waals surface area contributed by atoms with Crippen LogP contribution in [0, 0.1) is 5.92 Å². The monoisotopic (exact) mass is 296 g/mol. The van der Waals surface area contributed by atoms with Crippen molar-refractivity contribution in [2.75, 3.05) is 20.6 Å². The van der Waals surface area contributed by atoms with Crippen molar-refractivity contribution in [2.45, 2.75) is 19.9 Å². The van der Waals surface area contributed by atoms with Crippen LogP contribution in [0.1, 0.15) is 24.2 Å². The molecule has 5 heteroatoms. The molecule has 0 saturated carbocycles. The summed E-state index contributed by atoms with van der Waals surface area (Å²) >= 11 is 5.90. The largest absolute Gasteiger partial charge is 0.359 e. The fourth-order valence-electron chi connectivity index (χ4n) is 2.00. The molecule has 1 aromatic rings. The lowest BCUT2D eigenvalue weighted by Crippen LogP contribution is -2.41. The summed E-state index contributed by atoms with van der Waals surface area (Å²) in [5.74, 6) is -0.196. The van der Waals surface area contributed by atoms with E-state index in [2.05, 4.69) is 5.32 Å². The number of carbonyl (C=O) groups is 2. The molecule has 1 rings (SSSR count). The van der Waals surface area contributed by atoms with E-state index in [9.17, 15) is 9.59 Å². The number of nitrogens with zero attached hydrogens (tertiary/aromatic N) is 1. The van der Waals surface area contributed by atoms with Crippen LogP contribution in [0.25, 0.3) is 0 Å². The molecule has 0 bridgehead atoms. The van der Waals surface area contributed by atoms with E-state index >= 15 is 0 Å². The molecule has 0 aliphatic carbocycles. The quantitative estimate of drug-likeness (QED) is 0.819. The van der Waals surface area contributed by atoms with Crippen LogP contribution in [-0.4, -0.2) is 43.3 Å². The number of hydrogen-bond donors (Lipinski definition) is 1. The molecule has 0 radical (unpaired) electrons. The summed E-state index contributed by atoms with van der Waals surface area (Å²) in [7, 11) is 3.45. The van der Waals surface area contributed by atoms with Crippen LogP contribution >= 0.6 is 11.6 Å². The van der Waals surface area contributed by atoms with Gasteiger partial charge < -0.3 is 5.32 Å². The van der Waals surface area contributed by atoms with Gasteiger partial charge in [-0.15, -0.1) is 0 Å². The van der Waals surface area contributed by atoms with Gasteiger partial charge in [-0.25, -0.2) is 0 Å². The molecule has 110 valence electrons. The van der Waals surface area contributed by atoms with E-state index < -0.39 is 0 Å². The molecule has 0 aliphatic rings. The Hall–Kier alpha value is -1.39. The number of hydrogen-bond acceptors (Lipinski definition) is 3. The number of rotatable bonds is 6. The molecule has 1 aromatic carbocycles. The number of Topliss-reactive ketones (excluding diaryl/α,β-unsaturated/α-hetero) is 1. The van der Waals surface area contributed by atoms with Crippen molar-refractivity contribution in [3.63, 3.8) is 0 Å². The van der Waals surface area contributed by atoms with E-state index in [1.54, 1.807) is 31.3 Å². The van der Waals surface area contributed by atoms with Crippen LogP contribution in [-0.2, 0) is 4.79 Å². The Morgan fingerprint density at radius 3 is 2.55 bits per heavy atom. The van der Waals surface area contributed by atoms with Gasteiger partial charge in [-0.3, -0.25) is 14.5 Å². The standard InChI is InChI=1S/C15H21ClN2O2/c1-10(15(20)17-3)9-18(4)11(2)14(19)12-6-5-7-13(16)8-12/h5-8,10-11H,9H2,1-4H3,(H,17,20). The molecular formula is C15H21ClN2O2. The van der Waals surface area contributed by atoms with Gasteiger partial charge in [-0.1, -0.05) is 30.7 Å². The Kier molecular flexibility index (Phi) is 6.17. The van der Waals surface area contributed by atoms with Crippen molar-refractivity contribution < 1.29 is 9.59 Å². The summed E-state index contributed by atoms with van der Waals surface area (Å²) in [6, 6.07) is 6.60. The third kappa shape index (κ3) is 4.32. The van der Waals surface area contributed by atoms with Gasteiger partial charge in [0.05, 0.1) is 6.04 Å². The van der Waals surface area contributed by atoms with Crippen molar-refractivity contribution in [3.05, 3.63) is 34.9 Å². The molecule has 1 N–H and O–H groups in total. The van der Waals surface area contributed by atoms with Crippen molar-refractivity contribution >= 4 is 23.3 Å². The predicted octanol–water partition coefficient (Wildman–Crippen LogP) is 2.23. The van der Waals surface area contributed by atoms with Crippen molar-refractivity contribution in [1.82, 2.24) is 10.2 Å². The van der Waals surface area contributed by atoms with Crippen LogP contribution in [0.4, 0.5) is 0 Å². The molecule has 0 saturated heterocycles. The number of ketones is 1. The summed E-state index contributed by atoms with van der Waals surface area (Å²) < 4.78 is 0. The summed E-state index contributed by atoms with van der Waals surface area (Å²) in [6.45, 7) is 4.19. The number of nitrogens with one attached hydrogen (secondary N) is 1. The van der Waals surface area contributed by atoms with Gasteiger partial charge in [0.1, 0.15) is 0 Å².